The zero-order valence-electron chi connectivity index (χ0n) is 27.7. The van der Waals surface area contributed by atoms with E-state index < -0.39 is 33.3 Å². The van der Waals surface area contributed by atoms with Crippen LogP contribution in [-0.2, 0) is 14.8 Å². The van der Waals surface area contributed by atoms with Crippen molar-refractivity contribution in [3.63, 3.8) is 0 Å². The Morgan fingerprint density at radius 1 is 1.04 bits per heavy atom. The number of fused-ring (bicyclic) bond motifs is 2. The Kier molecular flexibility index (Phi) is 8.82. The third-order valence-corrected chi connectivity index (χ3v) is 9.70. The van der Waals surface area contributed by atoms with E-state index in [1.54, 1.807) is 36.8 Å². The highest BCUT2D eigenvalue weighted by Crippen LogP contribution is 2.41. The van der Waals surface area contributed by atoms with E-state index in [-0.39, 0.29) is 40.4 Å². The molecule has 1 N–H and O–H groups in total. The predicted molar refractivity (Wildman–Crippen MR) is 187 cm³/mol. The molecule has 0 unspecified atom stereocenters. The summed E-state index contributed by atoms with van der Waals surface area (Å²) in [6.07, 6.45) is 1.06. The van der Waals surface area contributed by atoms with Gasteiger partial charge in [-0.15, -0.1) is 0 Å². The van der Waals surface area contributed by atoms with Crippen LogP contribution in [0.15, 0.2) is 82.0 Å². The molecule has 1 amide bonds. The average molecular weight is 684 g/mol. The minimum absolute atomic E-state index is 0.0649. The van der Waals surface area contributed by atoms with E-state index in [1.807, 2.05) is 31.2 Å². The van der Waals surface area contributed by atoms with Gasteiger partial charge in [0.1, 0.15) is 23.0 Å². The van der Waals surface area contributed by atoms with Gasteiger partial charge in [0.15, 0.2) is 5.52 Å². The smallest absolute Gasteiger partial charge is 0.280 e. The Morgan fingerprint density at radius 3 is 2.37 bits per heavy atom. The van der Waals surface area contributed by atoms with Crippen molar-refractivity contribution in [2.75, 3.05) is 38.4 Å². The van der Waals surface area contributed by atoms with Crippen molar-refractivity contribution >= 4 is 43.6 Å². The topological polar surface area (TPSA) is 137 Å². The minimum Gasteiger partial charge on any atom is -0.455 e. The van der Waals surface area contributed by atoms with Crippen molar-refractivity contribution in [1.82, 2.24) is 19.9 Å². The monoisotopic (exact) mass is 683 g/mol. The van der Waals surface area contributed by atoms with Crippen LogP contribution in [-0.4, -0.2) is 62.9 Å². The average Bonchev–Trinajstić information content (AvgIpc) is 3.45. The molecule has 252 valence electrons. The fraction of sp³-hybridized carbons (Fsp3) is 0.222. The molecule has 13 heteroatoms. The summed E-state index contributed by atoms with van der Waals surface area (Å²) >= 11 is 0. The second kappa shape index (κ2) is 12.9. The molecule has 1 atom stereocenters. The van der Waals surface area contributed by atoms with Crippen LogP contribution in [0.5, 0.6) is 0 Å². The molecule has 3 aromatic heterocycles. The van der Waals surface area contributed by atoms with Gasteiger partial charge in [-0.25, -0.2) is 22.8 Å². The lowest BCUT2D eigenvalue weighted by Gasteiger charge is -2.22. The number of benzene rings is 3. The molecule has 11 nitrogen and oxygen atoms in total. The van der Waals surface area contributed by atoms with Gasteiger partial charge in [0.2, 0.25) is 10.0 Å². The summed E-state index contributed by atoms with van der Waals surface area (Å²) in [5, 5.41) is 2.99. The first kappa shape index (κ1) is 33.5. The third-order valence-electron chi connectivity index (χ3n) is 8.50. The lowest BCUT2D eigenvalue weighted by atomic mass is 10.0. The summed E-state index contributed by atoms with van der Waals surface area (Å²) < 4.78 is 53.8. The number of carbonyl (C=O) groups is 1. The fourth-order valence-corrected chi connectivity index (χ4v) is 6.41. The highest BCUT2D eigenvalue weighted by atomic mass is 32.2. The molecule has 0 aliphatic heterocycles. The molecule has 3 heterocycles. The zero-order valence-corrected chi connectivity index (χ0v) is 28.6. The van der Waals surface area contributed by atoms with Gasteiger partial charge in [0.25, 0.3) is 11.5 Å². The quantitative estimate of drug-likeness (QED) is 0.208. The second-order valence-electron chi connectivity index (χ2n) is 11.8. The number of nitrogens with one attached hydrogen (secondary N) is 1. The number of ether oxygens (including phenoxy) is 1. The first-order valence-electron chi connectivity index (χ1n) is 15.3. The number of aryl methyl sites for hydroxylation is 2. The summed E-state index contributed by atoms with van der Waals surface area (Å²) in [7, 11) is 0.624. The van der Waals surface area contributed by atoms with Crippen LogP contribution < -0.4 is 15.2 Å². The number of aromatic nitrogens is 3. The number of methoxy groups -OCH3 is 1. The van der Waals surface area contributed by atoms with E-state index in [9.17, 15) is 22.4 Å². The van der Waals surface area contributed by atoms with Gasteiger partial charge in [-0.2, -0.15) is 0 Å². The van der Waals surface area contributed by atoms with Gasteiger partial charge in [0, 0.05) is 43.8 Å². The van der Waals surface area contributed by atoms with Crippen molar-refractivity contribution < 1.29 is 26.8 Å². The van der Waals surface area contributed by atoms with Crippen LogP contribution in [0.4, 0.5) is 10.1 Å². The summed E-state index contributed by atoms with van der Waals surface area (Å²) in [5.74, 6) is -0.286. The Bertz CT molecular complexity index is 2400. The van der Waals surface area contributed by atoms with E-state index in [1.165, 1.54) is 44.4 Å². The first-order chi connectivity index (χ1) is 23.3. The number of anilines is 1. The fourth-order valence-electron chi connectivity index (χ4n) is 5.90. The largest absolute Gasteiger partial charge is 0.455 e. The van der Waals surface area contributed by atoms with Gasteiger partial charge in [0.05, 0.1) is 41.4 Å². The van der Waals surface area contributed by atoms with Crippen LogP contribution in [0.2, 0.25) is 0 Å². The number of pyridine rings is 1. The molecule has 0 saturated heterocycles. The maximum absolute atomic E-state index is 14.3. The number of rotatable bonds is 9. The number of nitrogens with zero attached hydrogens (tertiary/aromatic N) is 4. The number of sulfonamides is 1. The van der Waals surface area contributed by atoms with Gasteiger partial charge < -0.3 is 14.5 Å². The summed E-state index contributed by atoms with van der Waals surface area (Å²) in [6, 6.07) is 19.2. The Morgan fingerprint density at radius 2 is 1.73 bits per heavy atom. The molecule has 0 aliphatic carbocycles. The summed E-state index contributed by atoms with van der Waals surface area (Å²) in [6.45, 7) is 3.93. The molecule has 6 aromatic rings. The maximum atomic E-state index is 14.3. The highest BCUT2D eigenvalue weighted by molar-refractivity contribution is 7.92. The van der Waals surface area contributed by atoms with E-state index in [4.69, 9.17) is 19.1 Å². The van der Waals surface area contributed by atoms with Gasteiger partial charge >= 0.3 is 0 Å². The van der Waals surface area contributed by atoms with E-state index in [0.29, 0.717) is 27.9 Å². The number of hydrogen-bond donors (Lipinski definition) is 1. The Labute approximate surface area is 282 Å². The Hall–Kier alpha value is -5.40. The third kappa shape index (κ3) is 6.18. The minimum atomic E-state index is -3.80. The molecule has 0 bridgehead atoms. The number of furan rings is 1. The number of halogens is 1. The van der Waals surface area contributed by atoms with Crippen molar-refractivity contribution in [3.05, 3.63) is 111 Å². The molecular weight excluding hydrogens is 649 g/mol. The first-order valence-corrected chi connectivity index (χ1v) is 17.2. The lowest BCUT2D eigenvalue weighted by Crippen LogP contribution is -2.31. The van der Waals surface area contributed by atoms with Crippen molar-refractivity contribution in [2.24, 2.45) is 0 Å². The molecule has 0 saturated carbocycles. The maximum Gasteiger partial charge on any atom is 0.280 e. The van der Waals surface area contributed by atoms with Crippen molar-refractivity contribution in [3.8, 4) is 22.6 Å². The van der Waals surface area contributed by atoms with Crippen LogP contribution in [0.25, 0.3) is 44.6 Å². The van der Waals surface area contributed by atoms with Gasteiger partial charge in [-0.1, -0.05) is 29.8 Å². The highest BCUT2D eigenvalue weighted by Gasteiger charge is 2.27. The summed E-state index contributed by atoms with van der Waals surface area (Å²) in [5.41, 5.74) is 3.55. The van der Waals surface area contributed by atoms with Crippen molar-refractivity contribution in [1.29, 1.82) is 0 Å². The molecule has 49 heavy (non-hydrogen) atoms. The van der Waals surface area contributed by atoms with E-state index in [0.717, 1.165) is 21.7 Å². The molecule has 0 aliphatic rings. The SMILES string of the molecule is CNC(=O)c1c(-c2ccc(F)cc2)oc2cc(N(C)S(C)(=O)=O)c(-c3ccc4nc(C)n([C@H](COC)c5ccc(C)cc5)c(=O)c4n3)cc12. The predicted octanol–water partition coefficient (Wildman–Crippen LogP) is 5.62. The van der Waals surface area contributed by atoms with Crippen LogP contribution in [0.3, 0.4) is 0 Å². The standard InChI is InChI=1S/C36H34FN5O6S/c1-20-7-9-22(10-8-20)30(19-47-5)42-21(2)39-28-16-15-27(40-33(28)36(42)44)25-17-26-31(18-29(25)41(4)49(6,45)46)48-34(32(26)35(43)38-3)23-11-13-24(37)14-12-23/h7-18,30H,19H2,1-6H3,(H,38,43)/t30-/m1/s1. The lowest BCUT2D eigenvalue weighted by molar-refractivity contribution is 0.0964. The zero-order chi connectivity index (χ0) is 35.2. The van der Waals surface area contributed by atoms with Crippen LogP contribution >= 0.6 is 0 Å². The second-order valence-corrected chi connectivity index (χ2v) is 13.8. The van der Waals surface area contributed by atoms with Crippen LogP contribution in [0, 0.1) is 19.7 Å². The number of hydrogen-bond acceptors (Lipinski definition) is 8. The number of amides is 1. The Balaban J connectivity index is 1.62. The molecule has 0 fully saturated rings. The van der Waals surface area contributed by atoms with Gasteiger partial charge in [-0.05, 0) is 61.9 Å². The van der Waals surface area contributed by atoms with Crippen LogP contribution in [0.1, 0.15) is 33.4 Å². The molecule has 0 spiro atoms. The summed E-state index contributed by atoms with van der Waals surface area (Å²) in [4.78, 5) is 37.0. The van der Waals surface area contributed by atoms with Gasteiger partial charge in [-0.3, -0.25) is 18.5 Å². The molecular formula is C36H34FN5O6S. The number of carbonyl (C=O) groups excluding carboxylic acids is 1. The van der Waals surface area contributed by atoms with Crippen molar-refractivity contribution in [2.45, 2.75) is 19.9 Å². The van der Waals surface area contributed by atoms with E-state index in [2.05, 4.69) is 5.32 Å². The molecule has 3 aromatic carbocycles. The normalized spacial score (nSPS) is 12.4. The van der Waals surface area contributed by atoms with E-state index >= 15 is 0 Å². The molecule has 0 radical (unpaired) electrons. The molecule has 6 rings (SSSR count).